The second-order valence-corrected chi connectivity index (χ2v) is 10.9. The van der Waals surface area contributed by atoms with Crippen molar-refractivity contribution in [3.63, 3.8) is 0 Å². The van der Waals surface area contributed by atoms with Crippen molar-refractivity contribution in [3.05, 3.63) is 81.1 Å². The van der Waals surface area contributed by atoms with E-state index in [1.165, 1.54) is 29.4 Å². The number of rotatable bonds is 1. The summed E-state index contributed by atoms with van der Waals surface area (Å²) in [6.45, 7) is 7.44. The zero-order chi connectivity index (χ0) is 31.9. The third-order valence-corrected chi connectivity index (χ3v) is 8.14. The number of ether oxygens (including phenoxy) is 1. The van der Waals surface area contributed by atoms with Gasteiger partial charge >= 0.3 is 5.97 Å². The van der Waals surface area contributed by atoms with Crippen LogP contribution in [0, 0.1) is 159 Å². The molecule has 285 valence electrons. The number of benzene rings is 2. The molecule has 0 spiro atoms. The van der Waals surface area contributed by atoms with Crippen molar-refractivity contribution < 1.29 is 175 Å². The maximum atomic E-state index is 12.3. The van der Waals surface area contributed by atoms with E-state index >= 15 is 0 Å². The molecule has 2 aromatic rings. The number of para-hydroxylation sites is 1. The Morgan fingerprint density at radius 3 is 1.18 bits per heavy atom. The number of hydrogen-bond acceptors (Lipinski definition) is 6. The molecular weight excluding hydrogens is 789 g/mol. The summed E-state index contributed by atoms with van der Waals surface area (Å²) in [5, 5.41) is 0. The number of nitrogens with zero attached hydrogens (tertiary/aromatic N) is 2. The summed E-state index contributed by atoms with van der Waals surface area (Å²) in [5.74, 6) is -0.211. The van der Waals surface area contributed by atoms with Crippen molar-refractivity contribution in [2.75, 3.05) is 19.1 Å². The van der Waals surface area contributed by atoms with Gasteiger partial charge in [0.15, 0.2) is 0 Å². The molecule has 2 aromatic carbocycles. The van der Waals surface area contributed by atoms with E-state index in [0.29, 0.717) is 0 Å². The number of esters is 1. The first-order valence-corrected chi connectivity index (χ1v) is 15.5. The summed E-state index contributed by atoms with van der Waals surface area (Å²) < 4.78 is 4.11. The van der Waals surface area contributed by atoms with Crippen LogP contribution in [0.25, 0.3) is 0 Å². The largest absolute Gasteiger partial charge is 0.469 e. The maximum Gasteiger partial charge on any atom is 0.302 e. The summed E-state index contributed by atoms with van der Waals surface area (Å²) >= 11 is 0. The van der Waals surface area contributed by atoms with Crippen LogP contribution < -0.4 is 4.90 Å². The first-order chi connectivity index (χ1) is 20.7. The third kappa shape index (κ3) is 19.1. The van der Waals surface area contributed by atoms with Gasteiger partial charge in [-0.15, -0.1) is 0 Å². The van der Waals surface area contributed by atoms with Crippen LogP contribution in [0.5, 0.6) is 0 Å². The van der Waals surface area contributed by atoms with Crippen LogP contribution >= 0.6 is 0 Å². The molecular formula is C38H58Ar3N2O6Y-2. The summed E-state index contributed by atoms with van der Waals surface area (Å²) in [6.07, 6.45) is 7.93. The second kappa shape index (κ2) is 34.6. The number of methoxy groups -OCH3 is 1. The first-order valence-electron chi connectivity index (χ1n) is 15.5. The fourth-order valence-electron chi connectivity index (χ4n) is 5.86. The van der Waals surface area contributed by atoms with E-state index in [-0.39, 0.29) is 221 Å². The molecule has 50 heavy (non-hydrogen) atoms. The van der Waals surface area contributed by atoms with Gasteiger partial charge in [-0.05, 0) is 44.7 Å². The van der Waals surface area contributed by atoms with E-state index in [9.17, 15) is 24.0 Å². The van der Waals surface area contributed by atoms with Crippen molar-refractivity contribution in [3.8, 4) is 0 Å². The Kier molecular flexibility index (Phi) is 43.6. The Labute approximate surface area is 418 Å². The normalized spacial score (nSPS) is 20.2. The van der Waals surface area contributed by atoms with Crippen molar-refractivity contribution in [1.29, 1.82) is 0 Å². The number of aryl methyl sites for hydroxylation is 1. The van der Waals surface area contributed by atoms with Gasteiger partial charge in [-0.2, -0.15) is 0 Å². The zero-order valence-electron chi connectivity index (χ0n) is 30.2. The van der Waals surface area contributed by atoms with Crippen LogP contribution in [0.4, 0.5) is 5.69 Å². The van der Waals surface area contributed by atoms with Gasteiger partial charge in [-0.25, -0.2) is 0 Å². The van der Waals surface area contributed by atoms with Gasteiger partial charge in [-0.3, -0.25) is 33.8 Å². The van der Waals surface area contributed by atoms with Crippen molar-refractivity contribution in [1.82, 2.24) is 4.90 Å². The molecule has 2 saturated heterocycles. The van der Waals surface area contributed by atoms with E-state index in [0.717, 1.165) is 57.1 Å². The Hall–Kier alpha value is 1.07. The Morgan fingerprint density at radius 2 is 0.920 bits per heavy atom. The van der Waals surface area contributed by atoms with Gasteiger partial charge in [0, 0.05) is 160 Å². The molecule has 2 heterocycles. The number of anilines is 1. The molecule has 4 unspecified atom stereocenters. The van der Waals surface area contributed by atoms with Crippen LogP contribution in [0.1, 0.15) is 85.1 Å². The Bertz CT molecular complexity index is 1180. The molecule has 0 aromatic heterocycles. The monoisotopic (exact) mass is 847 g/mol. The predicted octanol–water partition coefficient (Wildman–Crippen LogP) is 7.89. The van der Waals surface area contributed by atoms with Gasteiger partial charge in [0.1, 0.15) is 0 Å². The Morgan fingerprint density at radius 1 is 0.640 bits per heavy atom. The number of amides is 4. The molecule has 4 fully saturated rings. The van der Waals surface area contributed by atoms with E-state index in [4.69, 9.17) is 0 Å². The number of likely N-dealkylation sites (tertiary alicyclic amines) is 1. The van der Waals surface area contributed by atoms with Crippen LogP contribution in [0.3, 0.4) is 0 Å². The maximum absolute atomic E-state index is 12.3. The third-order valence-electron chi connectivity index (χ3n) is 8.14. The van der Waals surface area contributed by atoms with Gasteiger partial charge in [0.25, 0.3) is 0 Å². The van der Waals surface area contributed by atoms with E-state index in [1.807, 2.05) is 62.4 Å². The zero-order valence-corrected chi connectivity index (χ0v) is 35.2. The van der Waals surface area contributed by atoms with Crippen LogP contribution in [-0.4, -0.2) is 48.7 Å². The molecule has 8 nitrogen and oxygen atoms in total. The fourth-order valence-corrected chi connectivity index (χ4v) is 5.86. The molecule has 6 rings (SSSR count). The minimum Gasteiger partial charge on any atom is -0.469 e. The van der Waals surface area contributed by atoms with E-state index in [2.05, 4.69) is 23.8 Å². The molecule has 12 heteroatoms. The molecule has 2 saturated carbocycles. The minimum atomic E-state index is -0.245. The van der Waals surface area contributed by atoms with Gasteiger partial charge in [0.2, 0.25) is 23.6 Å². The fraction of sp³-hybridized carbons (Fsp3) is 0.500. The first kappa shape index (κ1) is 63.0. The minimum absolute atomic E-state index is 0. The predicted molar refractivity (Wildman–Crippen MR) is 187 cm³/mol. The topological polar surface area (TPSA) is 101 Å². The van der Waals surface area contributed by atoms with Crippen molar-refractivity contribution >= 4 is 35.3 Å². The van der Waals surface area contributed by atoms with Gasteiger partial charge in [0.05, 0.1) is 36.5 Å². The summed E-state index contributed by atoms with van der Waals surface area (Å²) in [7, 11) is 2.95. The standard InChI is InChI=1S/C14H15NO2.C9H13NO2.C7H8.C3H6O2.C2H6.CH4.2CH3.3Ar.Y/c16-13-11-8-4-5-9-12(11)14(17)15(13)10-6-2-1-3-7-10;1-10-8(11)6-4-2-3-5-7(6)9(10)12;1-7-5-3-2-4-6-7;1-3(4)5-2;1-2;;;;;;;/h1-3,6-7,11-12H,4-5,8-9H2;6-7H,2-5H2,1H3;2-6H,1H3;1-2H3;1-2H3;1H4;2*1H3;;;;/q;;;;;;2*-1;;;;. The SMILES string of the molecule is C.CC.CN1C(=O)C2CCCCC2C1=O.COC(C)=O.Cc1ccccc1.O=C1C2CCCCC2C(=O)N1c1ccccc1.[Ar].[Ar].[Ar].[CH3-].[CH3-].[Y]. The van der Waals surface area contributed by atoms with Crippen molar-refractivity contribution in [2.24, 2.45) is 23.7 Å². The Balaban J connectivity index is -0.000000131. The van der Waals surface area contributed by atoms with Gasteiger partial charge < -0.3 is 19.6 Å². The number of carbonyl (C=O) groups is 5. The molecule has 0 N–H and O–H groups in total. The average molecular weight is 848 g/mol. The molecule has 0 bridgehead atoms. The van der Waals surface area contributed by atoms with Crippen LogP contribution in [0.15, 0.2) is 60.7 Å². The molecule has 4 atom stereocenters. The molecule has 1 radical (unpaired) electrons. The molecule has 4 amide bonds. The number of hydrogen-bond donors (Lipinski definition) is 0. The van der Waals surface area contributed by atoms with Gasteiger partial charge in [-0.1, -0.05) is 101 Å². The number of imide groups is 2. The van der Waals surface area contributed by atoms with Crippen molar-refractivity contribution in [2.45, 2.75) is 86.5 Å². The quantitative estimate of drug-likeness (QED) is 0.165. The second-order valence-electron chi connectivity index (χ2n) is 10.9. The average Bonchev–Trinajstić information content (AvgIpc) is 3.43. The number of fused-ring (bicyclic) bond motifs is 2. The van der Waals surface area contributed by atoms with E-state index in [1.54, 1.807) is 7.05 Å². The molecule has 4 aliphatic rings. The summed E-state index contributed by atoms with van der Waals surface area (Å²) in [5.41, 5.74) is 2.04. The summed E-state index contributed by atoms with van der Waals surface area (Å²) in [4.78, 5) is 59.7. The summed E-state index contributed by atoms with van der Waals surface area (Å²) in [6, 6.07) is 19.5. The van der Waals surface area contributed by atoms with Crippen LogP contribution in [0.2, 0.25) is 0 Å². The number of carbonyl (C=O) groups excluding carboxylic acids is 5. The molecule has 2 aliphatic heterocycles. The van der Waals surface area contributed by atoms with E-state index < -0.39 is 0 Å². The molecule has 2 aliphatic carbocycles. The van der Waals surface area contributed by atoms with Crippen LogP contribution in [-0.2, 0) is 61.4 Å². The smallest absolute Gasteiger partial charge is 0.302 e.